The van der Waals surface area contributed by atoms with E-state index in [-0.39, 0.29) is 4.90 Å². The maximum absolute atomic E-state index is 11.6. The Morgan fingerprint density at radius 2 is 1.56 bits per heavy atom. The molecule has 0 amide bonds. The van der Waals surface area contributed by atoms with Crippen molar-refractivity contribution in [1.82, 2.24) is 0 Å². The van der Waals surface area contributed by atoms with Crippen LogP contribution < -0.4 is 0 Å². The highest BCUT2D eigenvalue weighted by Crippen LogP contribution is 2.15. The van der Waals surface area contributed by atoms with Crippen LogP contribution in [0.4, 0.5) is 0 Å². The van der Waals surface area contributed by atoms with Gasteiger partial charge in [-0.05, 0) is 19.1 Å². The molecule has 0 atom stereocenters. The summed E-state index contributed by atoms with van der Waals surface area (Å²) in [6.07, 6.45) is -2.46. The molecule has 18 heavy (non-hydrogen) atoms. The highest BCUT2D eigenvalue weighted by Gasteiger charge is 2.33. The van der Waals surface area contributed by atoms with Gasteiger partial charge in [0, 0.05) is 0 Å². The van der Waals surface area contributed by atoms with Crippen LogP contribution in [-0.2, 0) is 23.9 Å². The fourth-order valence-corrected chi connectivity index (χ4v) is 2.07. The molecule has 0 radical (unpaired) electrons. The number of carboxylic acids is 2. The summed E-state index contributed by atoms with van der Waals surface area (Å²) in [5, 5.41) is 17.1. The molecule has 1 rings (SSSR count). The lowest BCUT2D eigenvalue weighted by Crippen LogP contribution is -2.34. The summed E-state index contributed by atoms with van der Waals surface area (Å²) in [6.45, 7) is 1.73. The zero-order valence-corrected chi connectivity index (χ0v) is 10.0. The van der Waals surface area contributed by atoms with Gasteiger partial charge in [-0.1, -0.05) is 17.7 Å². The van der Waals surface area contributed by atoms with Crippen molar-refractivity contribution in [3.8, 4) is 0 Å². The predicted octanol–water partition coefficient (Wildman–Crippen LogP) is 0.238. The van der Waals surface area contributed by atoms with Gasteiger partial charge in [0.1, 0.15) is 0 Å². The standard InChI is InChI=1S/C10H10O7S/c1-6-2-4-7(5-3-6)18(15,16)17-8(9(11)12)10(13)14/h2-5,8H,1H3,(H,11,12)(H,13,14). The molecule has 2 N–H and O–H groups in total. The summed E-state index contributed by atoms with van der Waals surface area (Å²) in [5.74, 6) is -3.78. The molecule has 0 heterocycles. The van der Waals surface area contributed by atoms with Gasteiger partial charge in [0.05, 0.1) is 4.90 Å². The van der Waals surface area contributed by atoms with Crippen molar-refractivity contribution >= 4 is 22.1 Å². The van der Waals surface area contributed by atoms with Gasteiger partial charge in [0.25, 0.3) is 16.2 Å². The Morgan fingerprint density at radius 3 is 1.94 bits per heavy atom. The van der Waals surface area contributed by atoms with E-state index in [1.165, 1.54) is 24.3 Å². The second-order valence-corrected chi connectivity index (χ2v) is 4.99. The van der Waals surface area contributed by atoms with Crippen LogP contribution in [0.5, 0.6) is 0 Å². The maximum atomic E-state index is 11.6. The summed E-state index contributed by atoms with van der Waals surface area (Å²) in [6, 6.07) is 5.36. The molecule has 8 heteroatoms. The van der Waals surface area contributed by atoms with Crippen LogP contribution >= 0.6 is 0 Å². The summed E-state index contributed by atoms with van der Waals surface area (Å²) in [5.41, 5.74) is 0.793. The molecule has 0 bridgehead atoms. The molecule has 0 unspecified atom stereocenters. The van der Waals surface area contributed by atoms with Crippen molar-refractivity contribution in [3.63, 3.8) is 0 Å². The van der Waals surface area contributed by atoms with Crippen LogP contribution in [0.1, 0.15) is 5.56 Å². The Morgan fingerprint density at radius 1 is 1.11 bits per heavy atom. The summed E-state index contributed by atoms with van der Waals surface area (Å²) in [4.78, 5) is 20.8. The third-order valence-electron chi connectivity index (χ3n) is 1.98. The Labute approximate surface area is 103 Å². The molecular weight excluding hydrogens is 264 g/mol. The van der Waals surface area contributed by atoms with Crippen molar-refractivity contribution < 1.29 is 32.4 Å². The van der Waals surface area contributed by atoms with E-state index in [1.807, 2.05) is 0 Å². The van der Waals surface area contributed by atoms with Gasteiger partial charge in [0.2, 0.25) is 0 Å². The van der Waals surface area contributed by atoms with Crippen molar-refractivity contribution in [2.45, 2.75) is 17.9 Å². The van der Waals surface area contributed by atoms with Gasteiger partial charge in [-0.25, -0.2) is 13.8 Å². The van der Waals surface area contributed by atoms with E-state index < -0.39 is 28.2 Å². The summed E-state index contributed by atoms with van der Waals surface area (Å²) < 4.78 is 27.4. The third kappa shape index (κ3) is 3.28. The van der Waals surface area contributed by atoms with E-state index >= 15 is 0 Å². The van der Waals surface area contributed by atoms with E-state index in [1.54, 1.807) is 6.92 Å². The van der Waals surface area contributed by atoms with Crippen LogP contribution in [0.3, 0.4) is 0 Å². The molecule has 0 aliphatic rings. The average Bonchev–Trinajstić information content (AvgIpc) is 2.26. The number of carbonyl (C=O) groups is 2. The Balaban J connectivity index is 3.04. The normalized spacial score (nSPS) is 11.4. The molecule has 1 aromatic rings. The van der Waals surface area contributed by atoms with E-state index in [0.717, 1.165) is 5.56 Å². The van der Waals surface area contributed by atoms with E-state index in [9.17, 15) is 18.0 Å². The molecule has 0 aliphatic heterocycles. The molecule has 0 saturated heterocycles. The number of carboxylic acid groups (broad SMARTS) is 2. The molecule has 0 saturated carbocycles. The molecule has 0 aromatic heterocycles. The van der Waals surface area contributed by atoms with Crippen LogP contribution in [0.15, 0.2) is 29.2 Å². The largest absolute Gasteiger partial charge is 0.479 e. The monoisotopic (exact) mass is 274 g/mol. The van der Waals surface area contributed by atoms with E-state index in [0.29, 0.717) is 0 Å². The van der Waals surface area contributed by atoms with Gasteiger partial charge in [-0.3, -0.25) is 0 Å². The van der Waals surface area contributed by atoms with Crippen LogP contribution in [-0.4, -0.2) is 36.7 Å². The summed E-state index contributed by atoms with van der Waals surface area (Å²) >= 11 is 0. The topological polar surface area (TPSA) is 118 Å². The fraction of sp³-hybridized carbons (Fsp3) is 0.200. The summed E-state index contributed by atoms with van der Waals surface area (Å²) in [7, 11) is -4.43. The van der Waals surface area contributed by atoms with Crippen molar-refractivity contribution in [3.05, 3.63) is 29.8 Å². The molecule has 0 spiro atoms. The third-order valence-corrected chi connectivity index (χ3v) is 3.28. The number of hydrogen-bond donors (Lipinski definition) is 2. The number of aliphatic carboxylic acids is 2. The predicted molar refractivity (Wildman–Crippen MR) is 58.5 cm³/mol. The minimum Gasteiger partial charge on any atom is -0.479 e. The number of aryl methyl sites for hydroxylation is 1. The molecule has 0 aliphatic carbocycles. The van der Waals surface area contributed by atoms with Crippen molar-refractivity contribution in [2.24, 2.45) is 0 Å². The molecule has 7 nitrogen and oxygen atoms in total. The van der Waals surface area contributed by atoms with Crippen molar-refractivity contribution in [2.75, 3.05) is 0 Å². The Hall–Kier alpha value is -1.93. The molecule has 0 fully saturated rings. The second kappa shape index (κ2) is 5.15. The first-order chi connectivity index (χ1) is 8.24. The highest BCUT2D eigenvalue weighted by atomic mass is 32.2. The smallest absolute Gasteiger partial charge is 0.346 e. The first-order valence-corrected chi connectivity index (χ1v) is 6.10. The lowest BCUT2D eigenvalue weighted by atomic mass is 10.2. The van der Waals surface area contributed by atoms with Crippen LogP contribution in [0, 0.1) is 6.92 Å². The zero-order valence-electron chi connectivity index (χ0n) is 9.23. The quantitative estimate of drug-likeness (QED) is 0.583. The first-order valence-electron chi connectivity index (χ1n) is 4.69. The molecular formula is C10H10O7S. The van der Waals surface area contributed by atoms with E-state index in [4.69, 9.17) is 10.2 Å². The maximum Gasteiger partial charge on any atom is 0.346 e. The van der Waals surface area contributed by atoms with Crippen LogP contribution in [0.2, 0.25) is 0 Å². The second-order valence-electron chi connectivity index (χ2n) is 3.42. The number of benzene rings is 1. The van der Waals surface area contributed by atoms with Crippen molar-refractivity contribution in [1.29, 1.82) is 0 Å². The fourth-order valence-electron chi connectivity index (χ4n) is 1.08. The zero-order chi connectivity index (χ0) is 13.9. The van der Waals surface area contributed by atoms with Gasteiger partial charge >= 0.3 is 11.9 Å². The van der Waals surface area contributed by atoms with E-state index in [2.05, 4.69) is 4.18 Å². The minimum absolute atomic E-state index is 0.305. The van der Waals surface area contributed by atoms with Gasteiger partial charge in [0.15, 0.2) is 0 Å². The number of rotatable bonds is 5. The van der Waals surface area contributed by atoms with Gasteiger partial charge in [-0.2, -0.15) is 8.42 Å². The van der Waals surface area contributed by atoms with Gasteiger partial charge < -0.3 is 10.2 Å². The minimum atomic E-state index is -4.43. The van der Waals surface area contributed by atoms with Gasteiger partial charge in [-0.15, -0.1) is 0 Å². The molecule has 98 valence electrons. The Bertz CT molecular complexity index is 544. The first kappa shape index (κ1) is 14.1. The van der Waals surface area contributed by atoms with Crippen LogP contribution in [0.25, 0.3) is 0 Å². The highest BCUT2D eigenvalue weighted by molar-refractivity contribution is 7.86. The number of hydrogen-bond acceptors (Lipinski definition) is 5. The SMILES string of the molecule is Cc1ccc(S(=O)(=O)OC(C(=O)O)C(=O)O)cc1. The lowest BCUT2D eigenvalue weighted by Gasteiger charge is -2.09. The lowest BCUT2D eigenvalue weighted by molar-refractivity contribution is -0.158. The Kier molecular flexibility index (Phi) is 4.04. The average molecular weight is 274 g/mol. The molecule has 1 aromatic carbocycles.